The van der Waals surface area contributed by atoms with Crippen LogP contribution in [0.5, 0.6) is 0 Å². The molecule has 0 aliphatic carbocycles. The maximum atomic E-state index is 6.16. The lowest BCUT2D eigenvalue weighted by Crippen LogP contribution is -2.31. The number of nitrogens with two attached hydrogens (primary N) is 1. The van der Waals surface area contributed by atoms with E-state index in [2.05, 4.69) is 60.8 Å². The Morgan fingerprint density at radius 3 is 2.52 bits per heavy atom. The maximum Gasteiger partial charge on any atom is 0.232 e. The number of rotatable bonds is 5. The highest BCUT2D eigenvalue weighted by Gasteiger charge is 2.22. The van der Waals surface area contributed by atoms with Crippen LogP contribution in [0.3, 0.4) is 0 Å². The number of para-hydroxylation sites is 1. The Morgan fingerprint density at radius 2 is 1.71 bits per heavy atom. The summed E-state index contributed by atoms with van der Waals surface area (Å²) in [6, 6.07) is 16.3. The minimum absolute atomic E-state index is 0.509. The van der Waals surface area contributed by atoms with Crippen LogP contribution in [0, 0.1) is 6.92 Å². The summed E-state index contributed by atoms with van der Waals surface area (Å²) in [5.41, 5.74) is 9.32. The molecular formula is C23H25N7S. The SMILES string of the molecule is Cc1ccc(-n2c(SCc3nc(N)c4ccccc4n3)nnc2N2CCCCC2)cc1. The predicted molar refractivity (Wildman–Crippen MR) is 126 cm³/mol. The van der Waals surface area contributed by atoms with E-state index in [-0.39, 0.29) is 0 Å². The summed E-state index contributed by atoms with van der Waals surface area (Å²) in [7, 11) is 0. The molecule has 1 aliphatic rings. The number of aromatic nitrogens is 5. The van der Waals surface area contributed by atoms with Crippen molar-refractivity contribution in [2.75, 3.05) is 23.7 Å². The highest BCUT2D eigenvalue weighted by Crippen LogP contribution is 2.30. The Balaban J connectivity index is 1.47. The fraction of sp³-hybridized carbons (Fsp3) is 0.304. The molecule has 3 heterocycles. The quantitative estimate of drug-likeness (QED) is 0.469. The zero-order chi connectivity index (χ0) is 21.2. The Kier molecular flexibility index (Phi) is 5.46. The minimum atomic E-state index is 0.509. The second-order valence-electron chi connectivity index (χ2n) is 7.83. The first kappa shape index (κ1) is 19.8. The summed E-state index contributed by atoms with van der Waals surface area (Å²) in [5.74, 6) is 2.68. The number of benzene rings is 2. The summed E-state index contributed by atoms with van der Waals surface area (Å²) in [5, 5.41) is 10.8. The molecule has 158 valence electrons. The second-order valence-corrected chi connectivity index (χ2v) is 8.77. The van der Waals surface area contributed by atoms with Gasteiger partial charge in [-0.1, -0.05) is 41.6 Å². The molecule has 1 aliphatic heterocycles. The molecule has 7 nitrogen and oxygen atoms in total. The number of anilines is 2. The molecular weight excluding hydrogens is 406 g/mol. The van der Waals surface area contributed by atoms with E-state index in [1.165, 1.54) is 24.8 Å². The summed E-state index contributed by atoms with van der Waals surface area (Å²) >= 11 is 1.58. The van der Waals surface area contributed by atoms with Gasteiger partial charge in [0.25, 0.3) is 0 Å². The van der Waals surface area contributed by atoms with Crippen LogP contribution >= 0.6 is 11.8 Å². The molecule has 4 aromatic rings. The number of nitrogen functional groups attached to an aromatic ring is 1. The van der Waals surface area contributed by atoms with Crippen LogP contribution in [0.25, 0.3) is 16.6 Å². The van der Waals surface area contributed by atoms with Crippen LogP contribution in [0.2, 0.25) is 0 Å². The Bertz CT molecular complexity index is 1200. The number of aryl methyl sites for hydroxylation is 1. The molecule has 0 saturated carbocycles. The fourth-order valence-electron chi connectivity index (χ4n) is 3.92. The van der Waals surface area contributed by atoms with Crippen LogP contribution in [0.4, 0.5) is 11.8 Å². The molecule has 8 heteroatoms. The van der Waals surface area contributed by atoms with E-state index in [9.17, 15) is 0 Å². The summed E-state index contributed by atoms with van der Waals surface area (Å²) in [6.45, 7) is 4.12. The molecule has 5 rings (SSSR count). The fourth-order valence-corrected chi connectivity index (χ4v) is 4.72. The van der Waals surface area contributed by atoms with Gasteiger partial charge in [-0.15, -0.1) is 10.2 Å². The molecule has 0 atom stereocenters. The average Bonchev–Trinajstić information content (AvgIpc) is 3.23. The van der Waals surface area contributed by atoms with Gasteiger partial charge < -0.3 is 10.6 Å². The Hall–Kier alpha value is -3.13. The first-order chi connectivity index (χ1) is 15.2. The van der Waals surface area contributed by atoms with Gasteiger partial charge in [0.1, 0.15) is 11.6 Å². The van der Waals surface area contributed by atoms with Crippen molar-refractivity contribution < 1.29 is 0 Å². The van der Waals surface area contributed by atoms with Gasteiger partial charge in [0.15, 0.2) is 5.16 Å². The van der Waals surface area contributed by atoms with Crippen molar-refractivity contribution in [3.05, 3.63) is 59.9 Å². The normalized spacial score (nSPS) is 14.3. The molecule has 31 heavy (non-hydrogen) atoms. The van der Waals surface area contributed by atoms with Gasteiger partial charge in [0.05, 0.1) is 17.0 Å². The lowest BCUT2D eigenvalue weighted by atomic mass is 10.1. The molecule has 0 bridgehead atoms. The topological polar surface area (TPSA) is 85.8 Å². The Morgan fingerprint density at radius 1 is 0.935 bits per heavy atom. The molecule has 2 N–H and O–H groups in total. The number of nitrogens with zero attached hydrogens (tertiary/aromatic N) is 6. The number of hydrogen-bond donors (Lipinski definition) is 1. The third-order valence-electron chi connectivity index (χ3n) is 5.56. The first-order valence-electron chi connectivity index (χ1n) is 10.6. The lowest BCUT2D eigenvalue weighted by molar-refractivity contribution is 0.564. The predicted octanol–water partition coefficient (Wildman–Crippen LogP) is 4.38. The van der Waals surface area contributed by atoms with Crippen LogP contribution in [-0.2, 0) is 5.75 Å². The molecule has 0 radical (unpaired) electrons. The van der Waals surface area contributed by atoms with Crippen molar-refractivity contribution in [1.82, 2.24) is 24.7 Å². The van der Waals surface area contributed by atoms with Crippen LogP contribution in [0.15, 0.2) is 53.7 Å². The highest BCUT2D eigenvalue weighted by atomic mass is 32.2. The van der Waals surface area contributed by atoms with Gasteiger partial charge in [-0.05, 0) is 50.5 Å². The summed E-state index contributed by atoms with van der Waals surface area (Å²) in [6.07, 6.45) is 3.65. The molecule has 0 unspecified atom stereocenters. The number of hydrogen-bond acceptors (Lipinski definition) is 7. The van der Waals surface area contributed by atoms with Crippen LogP contribution in [-0.4, -0.2) is 37.8 Å². The second kappa shape index (κ2) is 8.55. The first-order valence-corrected chi connectivity index (χ1v) is 11.6. The molecule has 2 aromatic carbocycles. The number of thioether (sulfide) groups is 1. The van der Waals surface area contributed by atoms with E-state index >= 15 is 0 Å². The number of piperidine rings is 1. The molecule has 2 aromatic heterocycles. The standard InChI is InChI=1S/C23H25N7S/c1-16-9-11-17(12-10-16)30-22(29-13-5-2-6-14-29)27-28-23(30)31-15-20-25-19-8-4-3-7-18(19)21(24)26-20/h3-4,7-12H,2,5-6,13-15H2,1H3,(H2,24,25,26). The third kappa shape index (κ3) is 4.07. The minimum Gasteiger partial charge on any atom is -0.383 e. The van der Waals surface area contributed by atoms with Crippen LogP contribution < -0.4 is 10.6 Å². The van der Waals surface area contributed by atoms with Crippen molar-refractivity contribution in [2.24, 2.45) is 0 Å². The van der Waals surface area contributed by atoms with E-state index < -0.39 is 0 Å². The maximum absolute atomic E-state index is 6.16. The van der Waals surface area contributed by atoms with Crippen molar-refractivity contribution in [1.29, 1.82) is 0 Å². The zero-order valence-corrected chi connectivity index (χ0v) is 18.3. The van der Waals surface area contributed by atoms with E-state index in [1.54, 1.807) is 11.8 Å². The number of fused-ring (bicyclic) bond motifs is 1. The van der Waals surface area contributed by atoms with Crippen LogP contribution in [0.1, 0.15) is 30.7 Å². The zero-order valence-electron chi connectivity index (χ0n) is 17.5. The van der Waals surface area contributed by atoms with Gasteiger partial charge in [0.2, 0.25) is 5.95 Å². The monoisotopic (exact) mass is 431 g/mol. The molecule has 0 amide bonds. The highest BCUT2D eigenvalue weighted by molar-refractivity contribution is 7.98. The molecule has 1 fully saturated rings. The van der Waals surface area contributed by atoms with Gasteiger partial charge in [-0.2, -0.15) is 0 Å². The molecule has 0 spiro atoms. The molecule has 1 saturated heterocycles. The lowest BCUT2D eigenvalue weighted by Gasteiger charge is -2.27. The van der Waals surface area contributed by atoms with E-state index in [4.69, 9.17) is 5.73 Å². The third-order valence-corrected chi connectivity index (χ3v) is 6.48. The van der Waals surface area contributed by atoms with Gasteiger partial charge in [-0.25, -0.2) is 9.97 Å². The van der Waals surface area contributed by atoms with Gasteiger partial charge >= 0.3 is 0 Å². The van der Waals surface area contributed by atoms with E-state index in [0.29, 0.717) is 17.4 Å². The van der Waals surface area contributed by atoms with Crippen molar-refractivity contribution >= 4 is 34.4 Å². The van der Waals surface area contributed by atoms with Gasteiger partial charge in [-0.3, -0.25) is 4.57 Å². The average molecular weight is 432 g/mol. The Labute approximate surface area is 185 Å². The van der Waals surface area contributed by atoms with Gasteiger partial charge in [0, 0.05) is 18.5 Å². The van der Waals surface area contributed by atoms with Crippen molar-refractivity contribution in [3.63, 3.8) is 0 Å². The summed E-state index contributed by atoms with van der Waals surface area (Å²) < 4.78 is 2.15. The summed E-state index contributed by atoms with van der Waals surface area (Å²) in [4.78, 5) is 11.5. The smallest absolute Gasteiger partial charge is 0.232 e. The van der Waals surface area contributed by atoms with E-state index in [1.807, 2.05) is 24.3 Å². The largest absolute Gasteiger partial charge is 0.383 e. The van der Waals surface area contributed by atoms with Crippen molar-refractivity contribution in [2.45, 2.75) is 37.1 Å². The van der Waals surface area contributed by atoms with E-state index in [0.717, 1.165) is 40.8 Å². The van der Waals surface area contributed by atoms with Crippen molar-refractivity contribution in [3.8, 4) is 5.69 Å².